The Morgan fingerprint density at radius 1 is 0.892 bits per heavy atom. The zero-order valence-corrected chi connectivity index (χ0v) is 46.8. The first-order chi connectivity index (χ1) is 35.1. The third-order valence-electron chi connectivity index (χ3n) is 14.3. The van der Waals surface area contributed by atoms with E-state index in [2.05, 4.69) is 71.1 Å². The number of nitrogens with one attached hydrogen (secondary N) is 2. The summed E-state index contributed by atoms with van der Waals surface area (Å²) < 4.78 is 17.4. The second kappa shape index (κ2) is 25.1. The normalized spacial score (nSPS) is 16.5. The quantitative estimate of drug-likeness (QED) is 0.0361. The van der Waals surface area contributed by atoms with Gasteiger partial charge in [0.1, 0.15) is 0 Å². The first-order valence-corrected chi connectivity index (χ1v) is 28.6. The van der Waals surface area contributed by atoms with Crippen molar-refractivity contribution in [1.29, 1.82) is 0 Å². The highest BCUT2D eigenvalue weighted by atomic mass is 33.5. The molecule has 3 heterocycles. The van der Waals surface area contributed by atoms with E-state index in [0.29, 0.717) is 67.3 Å². The molecule has 0 saturated carbocycles. The molecular weight excluding hydrogens is 991 g/mol. The Morgan fingerprint density at radius 3 is 2.22 bits per heavy atom. The van der Waals surface area contributed by atoms with Gasteiger partial charge in [0.2, 0.25) is 0 Å². The minimum Gasteiger partial charge on any atom is -0.489 e. The molecule has 1 atom stereocenters. The number of para-hydroxylation sites is 2. The zero-order valence-electron chi connectivity index (χ0n) is 44.4. The van der Waals surface area contributed by atoms with Crippen LogP contribution in [0.15, 0.2) is 95.9 Å². The molecule has 0 saturated heterocycles. The Balaban J connectivity index is 0.000000291. The molecule has 16 heteroatoms. The number of aliphatic hydroxyl groups is 2. The average Bonchev–Trinajstić information content (AvgIpc) is 3.76. The lowest BCUT2D eigenvalue weighted by Crippen LogP contribution is -2.43. The Bertz CT molecular complexity index is 3000. The van der Waals surface area contributed by atoms with Gasteiger partial charge in [0.05, 0.1) is 71.0 Å². The Labute approximate surface area is 448 Å². The summed E-state index contributed by atoms with van der Waals surface area (Å²) in [5.41, 5.74) is 6.37. The summed E-state index contributed by atoms with van der Waals surface area (Å²) >= 11 is 0. The number of carbonyl (C=O) groups excluding carboxylic acids is 3. The Morgan fingerprint density at radius 2 is 1.55 bits per heavy atom. The van der Waals surface area contributed by atoms with Gasteiger partial charge in [-0.2, -0.15) is 0 Å². The molecule has 0 fully saturated rings. The molecule has 1 unspecified atom stereocenters. The molecule has 392 valence electrons. The second-order valence-corrected chi connectivity index (χ2v) is 25.1. The van der Waals surface area contributed by atoms with Crippen molar-refractivity contribution in [1.82, 2.24) is 20.2 Å². The number of ether oxygens (including phenoxy) is 3. The molecule has 7 rings (SSSR count). The number of hydrogen-bond donors (Lipinski definition) is 4. The largest absolute Gasteiger partial charge is 0.489 e. The third kappa shape index (κ3) is 14.1. The lowest BCUT2D eigenvalue weighted by Gasteiger charge is -2.40. The van der Waals surface area contributed by atoms with Crippen LogP contribution in [0.3, 0.4) is 0 Å². The summed E-state index contributed by atoms with van der Waals surface area (Å²) in [6, 6.07) is 17.5. The molecule has 74 heavy (non-hydrogen) atoms. The molecule has 13 nitrogen and oxygen atoms in total. The molecule has 0 radical (unpaired) electrons. The van der Waals surface area contributed by atoms with E-state index < -0.39 is 22.5 Å². The molecule has 4 aromatic rings. The average molecular weight is 1060 g/mol. The number of benzene rings is 3. The van der Waals surface area contributed by atoms with Crippen LogP contribution in [0.1, 0.15) is 104 Å². The highest BCUT2D eigenvalue weighted by Gasteiger charge is 2.40. The lowest BCUT2D eigenvalue weighted by atomic mass is 9.69. The van der Waals surface area contributed by atoms with E-state index in [4.69, 9.17) is 19.4 Å². The summed E-state index contributed by atoms with van der Waals surface area (Å²) in [6.45, 7) is 18.4. The molecule has 1 aromatic heterocycles. The number of rotatable bonds is 16. The van der Waals surface area contributed by atoms with Gasteiger partial charge in [0.15, 0.2) is 17.3 Å². The molecule has 2 amide bonds. The summed E-state index contributed by atoms with van der Waals surface area (Å²) in [4.78, 5) is 49.6. The van der Waals surface area contributed by atoms with E-state index in [-0.39, 0.29) is 36.4 Å². The first kappa shape index (κ1) is 57.4. The van der Waals surface area contributed by atoms with Crippen LogP contribution < -0.4 is 20.1 Å². The summed E-state index contributed by atoms with van der Waals surface area (Å²) in [5.74, 6) is 13.0. The second-order valence-electron chi connectivity index (χ2n) is 20.7. The van der Waals surface area contributed by atoms with Crippen LogP contribution in [0.4, 0.5) is 10.5 Å². The van der Waals surface area contributed by atoms with E-state index in [1.165, 1.54) is 7.11 Å². The number of methoxy groups -OCH3 is 1. The Hall–Kier alpha value is -5.88. The van der Waals surface area contributed by atoms with Crippen LogP contribution in [-0.2, 0) is 9.53 Å². The van der Waals surface area contributed by atoms with Crippen molar-refractivity contribution in [3.8, 4) is 35.2 Å². The SMILES string of the molecule is CC#C/C=C\C#CCC1=C(NC(=O)OC)C(=O)CC/C1=C/CSSSC.CC(C)(O)C(C)(C)COc1cc2c(cc1OCC(C)(C)C(C)(C)CO)NCC1CC(c3ccc4nc5ccccc5nc4c3)=CN1C2=O. The predicted octanol–water partition coefficient (Wildman–Crippen LogP) is 11.6. The van der Waals surface area contributed by atoms with Crippen molar-refractivity contribution in [2.45, 2.75) is 99.6 Å². The number of alkyl carbamates (subject to hydrolysis) is 1. The number of nitrogens with zero attached hydrogens (tertiary/aromatic N) is 3. The molecule has 0 bridgehead atoms. The van der Waals surface area contributed by atoms with Crippen LogP contribution in [-0.4, -0.2) is 100.0 Å². The number of hydrogen-bond acceptors (Lipinski definition) is 14. The fourth-order valence-corrected chi connectivity index (χ4v) is 10.3. The fraction of sp³-hybridized carbons (Fsp3) is 0.431. The highest BCUT2D eigenvalue weighted by molar-refractivity contribution is 9.09. The zero-order chi connectivity index (χ0) is 53.8. The van der Waals surface area contributed by atoms with E-state index in [0.717, 1.165) is 50.1 Å². The van der Waals surface area contributed by atoms with Gasteiger partial charge in [-0.1, -0.05) is 105 Å². The topological polar surface area (TPSA) is 172 Å². The molecule has 2 aliphatic heterocycles. The monoisotopic (exact) mass is 1060 g/mol. The summed E-state index contributed by atoms with van der Waals surface area (Å²) in [7, 11) is 6.40. The smallest absolute Gasteiger partial charge is 0.411 e. The highest BCUT2D eigenvalue weighted by Crippen LogP contribution is 2.44. The number of aliphatic hydroxyl groups excluding tert-OH is 1. The predicted molar refractivity (Wildman–Crippen MR) is 304 cm³/mol. The molecule has 1 aliphatic carbocycles. The van der Waals surface area contributed by atoms with Gasteiger partial charge in [-0.15, -0.1) is 5.92 Å². The van der Waals surface area contributed by atoms with Crippen molar-refractivity contribution in [2.75, 3.05) is 50.8 Å². The maximum Gasteiger partial charge on any atom is 0.411 e. The van der Waals surface area contributed by atoms with E-state index >= 15 is 0 Å². The standard InChI is InChI=1S/C39H48N4O5.C19H21NO3S3/c1-36(2,21-44)37(3,4)22-47-34-18-31-27(17-33(34)48-23-38(5,6)39(7,8)46)35(45)43-20-25(15-26(43)19-40-31)24-13-14-30-32(16-24)42-29-12-10-9-11-28(29)41-30;1-4-5-6-7-8-9-10-16-15(13-14-25-26-24-3)11-12-17(21)18(16)20-19(22)23-2/h9-14,16-18,20,26,40,44,46H,15,19,21-23H2,1-8H3;6-7,13H,10-12,14H2,1-3H3,(H,20,22)/b;7-6-,15-13-. The molecular formula is C58H69N5O8S3. The van der Waals surface area contributed by atoms with E-state index in [1.54, 1.807) is 70.4 Å². The van der Waals surface area contributed by atoms with Crippen molar-refractivity contribution in [2.24, 2.45) is 16.2 Å². The van der Waals surface area contributed by atoms with Gasteiger partial charge in [0.25, 0.3) is 5.91 Å². The number of carbonyl (C=O) groups is 3. The van der Waals surface area contributed by atoms with Gasteiger partial charge >= 0.3 is 6.09 Å². The van der Waals surface area contributed by atoms with Gasteiger partial charge in [-0.05, 0) is 120 Å². The van der Waals surface area contributed by atoms with Crippen molar-refractivity contribution >= 4 is 82.5 Å². The van der Waals surface area contributed by atoms with Gasteiger partial charge in [0, 0.05) is 54.8 Å². The van der Waals surface area contributed by atoms with Gasteiger partial charge in [-0.3, -0.25) is 14.9 Å². The van der Waals surface area contributed by atoms with Gasteiger partial charge < -0.3 is 34.6 Å². The molecule has 4 N–H and O–H groups in total. The molecule has 0 spiro atoms. The first-order valence-electron chi connectivity index (χ1n) is 24.5. The van der Waals surface area contributed by atoms with Crippen LogP contribution in [0.25, 0.3) is 27.6 Å². The van der Waals surface area contributed by atoms with Crippen LogP contribution in [0.5, 0.6) is 11.5 Å². The third-order valence-corrected chi connectivity index (χ3v) is 18.0. The van der Waals surface area contributed by atoms with Crippen molar-refractivity contribution < 1.29 is 38.8 Å². The van der Waals surface area contributed by atoms with Crippen LogP contribution in [0, 0.1) is 39.9 Å². The minimum atomic E-state index is -1.00. The van der Waals surface area contributed by atoms with Crippen LogP contribution >= 0.6 is 31.4 Å². The molecule has 3 aromatic carbocycles. The summed E-state index contributed by atoms with van der Waals surface area (Å²) in [5, 5.41) is 26.9. The lowest BCUT2D eigenvalue weighted by molar-refractivity contribution is -0.116. The maximum atomic E-state index is 14.2. The van der Waals surface area contributed by atoms with Crippen molar-refractivity contribution in [3.63, 3.8) is 0 Å². The molecule has 3 aliphatic rings. The van der Waals surface area contributed by atoms with Crippen LogP contribution in [0.2, 0.25) is 0 Å². The Kier molecular flexibility index (Phi) is 19.5. The number of fused-ring (bicyclic) bond motifs is 4. The summed E-state index contributed by atoms with van der Waals surface area (Å²) in [6.07, 6.45) is 10.9. The van der Waals surface area contributed by atoms with E-state index in [9.17, 15) is 24.6 Å². The maximum absolute atomic E-state index is 14.2. The van der Waals surface area contributed by atoms with E-state index in [1.807, 2.05) is 81.4 Å². The number of anilines is 1. The number of aromatic nitrogens is 2. The number of allylic oxidation sites excluding steroid dienone is 5. The van der Waals surface area contributed by atoms with Gasteiger partial charge in [-0.25, -0.2) is 14.8 Å². The number of Topliss-reactive ketones (excluding diaryl/α,β-unsaturated/α-hetero) is 1. The number of ketones is 1. The fourth-order valence-electron chi connectivity index (χ4n) is 7.82. The number of amides is 2. The minimum absolute atomic E-state index is 0.0168. The van der Waals surface area contributed by atoms with Crippen molar-refractivity contribution in [3.05, 3.63) is 107 Å².